The fraction of sp³-hybridized carbons (Fsp3) is 0.643. The second-order valence-electron chi connectivity index (χ2n) is 4.97. The van der Waals surface area contributed by atoms with E-state index in [-0.39, 0.29) is 0 Å². The van der Waals surface area contributed by atoms with E-state index in [1.54, 1.807) is 0 Å². The fourth-order valence-electron chi connectivity index (χ4n) is 1.96. The van der Waals surface area contributed by atoms with Crippen LogP contribution in [0.25, 0.3) is 0 Å². The van der Waals surface area contributed by atoms with E-state index < -0.39 is 0 Å². The topological polar surface area (TPSA) is 24.9 Å². The summed E-state index contributed by atoms with van der Waals surface area (Å²) >= 11 is 0. The molecule has 0 amide bonds. The lowest BCUT2D eigenvalue weighted by atomic mass is 9.87. The molecule has 0 aliphatic heterocycles. The molecule has 0 aliphatic rings. The Morgan fingerprint density at radius 2 is 2.00 bits per heavy atom. The van der Waals surface area contributed by atoms with Gasteiger partial charge in [-0.15, -0.1) is 0 Å². The number of hydrogen-bond acceptors (Lipinski definition) is 2. The van der Waals surface area contributed by atoms with Gasteiger partial charge in [0.15, 0.2) is 0 Å². The zero-order chi connectivity index (χ0) is 12.1. The lowest BCUT2D eigenvalue weighted by Crippen LogP contribution is -2.37. The first-order chi connectivity index (χ1) is 7.56. The number of aryl methyl sites for hydroxylation is 1. The summed E-state index contributed by atoms with van der Waals surface area (Å²) in [5.41, 5.74) is 2.51. The Labute approximate surface area is 99.5 Å². The highest BCUT2D eigenvalue weighted by molar-refractivity contribution is 5.18. The first-order valence-electron chi connectivity index (χ1n) is 6.14. The molecule has 0 radical (unpaired) electrons. The molecule has 0 spiro atoms. The van der Waals surface area contributed by atoms with Crippen molar-refractivity contribution in [2.75, 3.05) is 7.05 Å². The van der Waals surface area contributed by atoms with Crippen molar-refractivity contribution >= 4 is 0 Å². The van der Waals surface area contributed by atoms with Crippen molar-refractivity contribution in [1.82, 2.24) is 10.3 Å². The van der Waals surface area contributed by atoms with Gasteiger partial charge in [-0.3, -0.25) is 4.98 Å². The second kappa shape index (κ2) is 6.00. The standard InChI is InChI=1S/C14H24N2/c1-10(2)12(4)14(15-5)9-13-11(3)7-6-8-16-13/h6-8,10,12,14-15H,9H2,1-5H3. The van der Waals surface area contributed by atoms with Crippen LogP contribution in [0.1, 0.15) is 32.0 Å². The lowest BCUT2D eigenvalue weighted by molar-refractivity contribution is 0.308. The van der Waals surface area contributed by atoms with Crippen LogP contribution in [0.4, 0.5) is 0 Å². The quantitative estimate of drug-likeness (QED) is 0.825. The average Bonchev–Trinajstić information content (AvgIpc) is 2.27. The summed E-state index contributed by atoms with van der Waals surface area (Å²) in [6, 6.07) is 4.64. The zero-order valence-electron chi connectivity index (χ0n) is 11.1. The summed E-state index contributed by atoms with van der Waals surface area (Å²) in [5, 5.41) is 3.42. The van der Waals surface area contributed by atoms with Crippen LogP contribution >= 0.6 is 0 Å². The normalized spacial score (nSPS) is 15.1. The van der Waals surface area contributed by atoms with Crippen molar-refractivity contribution < 1.29 is 0 Å². The summed E-state index contributed by atoms with van der Waals surface area (Å²) in [4.78, 5) is 4.47. The average molecular weight is 220 g/mol. The molecule has 2 atom stereocenters. The van der Waals surface area contributed by atoms with Crippen LogP contribution in [0.5, 0.6) is 0 Å². The SMILES string of the molecule is CNC(Cc1ncccc1C)C(C)C(C)C. The zero-order valence-corrected chi connectivity index (χ0v) is 11.1. The Kier molecular flexibility index (Phi) is 4.94. The van der Waals surface area contributed by atoms with Gasteiger partial charge in [0.05, 0.1) is 0 Å². The van der Waals surface area contributed by atoms with E-state index in [4.69, 9.17) is 0 Å². The van der Waals surface area contributed by atoms with E-state index in [0.717, 1.165) is 6.42 Å². The van der Waals surface area contributed by atoms with Crippen molar-refractivity contribution in [3.63, 3.8) is 0 Å². The summed E-state index contributed by atoms with van der Waals surface area (Å²) in [5.74, 6) is 1.35. The van der Waals surface area contributed by atoms with Gasteiger partial charge in [0.25, 0.3) is 0 Å². The third-order valence-corrected chi connectivity index (χ3v) is 3.59. The van der Waals surface area contributed by atoms with Gasteiger partial charge in [0, 0.05) is 24.4 Å². The Hall–Kier alpha value is -0.890. The summed E-state index contributed by atoms with van der Waals surface area (Å²) in [7, 11) is 2.04. The maximum Gasteiger partial charge on any atom is 0.0448 e. The molecule has 1 rings (SSSR count). The number of aromatic nitrogens is 1. The first-order valence-corrected chi connectivity index (χ1v) is 6.14. The molecule has 16 heavy (non-hydrogen) atoms. The van der Waals surface area contributed by atoms with E-state index >= 15 is 0 Å². The van der Waals surface area contributed by atoms with Gasteiger partial charge in [0.2, 0.25) is 0 Å². The van der Waals surface area contributed by atoms with Gasteiger partial charge in [-0.2, -0.15) is 0 Å². The van der Waals surface area contributed by atoms with E-state index in [2.05, 4.69) is 44.1 Å². The predicted octanol–water partition coefficient (Wildman–Crippen LogP) is 2.81. The van der Waals surface area contributed by atoms with Crippen LogP contribution in [0.3, 0.4) is 0 Å². The summed E-state index contributed by atoms with van der Waals surface area (Å²) in [6.45, 7) is 9.00. The molecule has 1 aromatic heterocycles. The molecule has 1 N–H and O–H groups in total. The Morgan fingerprint density at radius 3 is 2.50 bits per heavy atom. The third kappa shape index (κ3) is 3.31. The number of rotatable bonds is 5. The molecule has 90 valence electrons. The van der Waals surface area contributed by atoms with Gasteiger partial charge in [-0.1, -0.05) is 26.8 Å². The molecule has 1 heterocycles. The van der Waals surface area contributed by atoms with Crippen molar-refractivity contribution in [1.29, 1.82) is 0 Å². The minimum atomic E-state index is 0.508. The smallest absolute Gasteiger partial charge is 0.0448 e. The number of likely N-dealkylation sites (N-methyl/N-ethyl adjacent to an activating group) is 1. The molecule has 1 aromatic rings. The highest BCUT2D eigenvalue weighted by Gasteiger charge is 2.19. The number of pyridine rings is 1. The van der Waals surface area contributed by atoms with Gasteiger partial charge in [-0.25, -0.2) is 0 Å². The molecular formula is C14H24N2. The van der Waals surface area contributed by atoms with Crippen molar-refractivity contribution in [3.05, 3.63) is 29.6 Å². The van der Waals surface area contributed by atoms with Crippen LogP contribution in [0.15, 0.2) is 18.3 Å². The largest absolute Gasteiger partial charge is 0.316 e. The first kappa shape index (κ1) is 13.2. The summed E-state index contributed by atoms with van der Waals surface area (Å²) < 4.78 is 0. The van der Waals surface area contributed by atoms with Gasteiger partial charge >= 0.3 is 0 Å². The van der Waals surface area contributed by atoms with Crippen LogP contribution in [0, 0.1) is 18.8 Å². The molecular weight excluding hydrogens is 196 g/mol. The monoisotopic (exact) mass is 220 g/mol. The predicted molar refractivity (Wildman–Crippen MR) is 69.5 cm³/mol. The van der Waals surface area contributed by atoms with E-state index in [1.807, 2.05) is 19.3 Å². The Morgan fingerprint density at radius 1 is 1.31 bits per heavy atom. The summed E-state index contributed by atoms with van der Waals surface area (Å²) in [6.07, 6.45) is 2.90. The lowest BCUT2D eigenvalue weighted by Gasteiger charge is -2.26. The molecule has 0 saturated carbocycles. The maximum atomic E-state index is 4.47. The van der Waals surface area contributed by atoms with Gasteiger partial charge in [0.1, 0.15) is 0 Å². The molecule has 2 heteroatoms. The molecule has 2 nitrogen and oxygen atoms in total. The fourth-order valence-corrected chi connectivity index (χ4v) is 1.96. The maximum absolute atomic E-state index is 4.47. The molecule has 0 aromatic carbocycles. The highest BCUT2D eigenvalue weighted by Crippen LogP contribution is 2.18. The number of hydrogen-bond donors (Lipinski definition) is 1. The van der Waals surface area contributed by atoms with E-state index in [9.17, 15) is 0 Å². The van der Waals surface area contributed by atoms with Crippen molar-refractivity contribution in [3.8, 4) is 0 Å². The van der Waals surface area contributed by atoms with Crippen molar-refractivity contribution in [2.45, 2.75) is 40.2 Å². The molecule has 0 aliphatic carbocycles. The third-order valence-electron chi connectivity index (χ3n) is 3.59. The minimum absolute atomic E-state index is 0.508. The van der Waals surface area contributed by atoms with Crippen LogP contribution in [0.2, 0.25) is 0 Å². The molecule has 0 fully saturated rings. The van der Waals surface area contributed by atoms with Crippen molar-refractivity contribution in [2.24, 2.45) is 11.8 Å². The highest BCUT2D eigenvalue weighted by atomic mass is 14.9. The minimum Gasteiger partial charge on any atom is -0.316 e. The van der Waals surface area contributed by atoms with E-state index in [0.29, 0.717) is 17.9 Å². The molecule has 0 saturated heterocycles. The number of nitrogens with zero attached hydrogens (tertiary/aromatic N) is 1. The van der Waals surface area contributed by atoms with Crippen LogP contribution in [-0.2, 0) is 6.42 Å². The van der Waals surface area contributed by atoms with Gasteiger partial charge in [-0.05, 0) is 37.4 Å². The second-order valence-corrected chi connectivity index (χ2v) is 4.97. The van der Waals surface area contributed by atoms with Crippen LogP contribution < -0.4 is 5.32 Å². The Balaban J connectivity index is 2.74. The molecule has 0 bridgehead atoms. The molecule has 2 unspecified atom stereocenters. The van der Waals surface area contributed by atoms with E-state index in [1.165, 1.54) is 11.3 Å². The number of nitrogens with one attached hydrogen (secondary N) is 1. The van der Waals surface area contributed by atoms with Crippen LogP contribution in [-0.4, -0.2) is 18.1 Å². The van der Waals surface area contributed by atoms with Gasteiger partial charge < -0.3 is 5.32 Å². The Bertz CT molecular complexity index is 320.